The fourth-order valence-corrected chi connectivity index (χ4v) is 6.91. The zero-order chi connectivity index (χ0) is 28.4. The van der Waals surface area contributed by atoms with Gasteiger partial charge in [-0.1, -0.05) is 51.1 Å². The Balaban J connectivity index is 1.36. The third kappa shape index (κ3) is 6.17. The summed E-state index contributed by atoms with van der Waals surface area (Å²) in [5.41, 5.74) is 5.43. The van der Waals surface area contributed by atoms with Crippen molar-refractivity contribution < 1.29 is 18.7 Å². The van der Waals surface area contributed by atoms with E-state index < -0.39 is 9.04 Å². The van der Waals surface area contributed by atoms with Crippen LogP contribution in [0.1, 0.15) is 73.2 Å². The Kier molecular flexibility index (Phi) is 8.45. The molecule has 3 heterocycles. The Morgan fingerprint density at radius 1 is 1.07 bits per heavy atom. The summed E-state index contributed by atoms with van der Waals surface area (Å²) in [6.45, 7) is 13.0. The predicted octanol–water partition coefficient (Wildman–Crippen LogP) is 6.68. The predicted molar refractivity (Wildman–Crippen MR) is 159 cm³/mol. The average molecular weight is 558 g/mol. The first-order chi connectivity index (χ1) is 19.1. The quantitative estimate of drug-likeness (QED) is 0.288. The van der Waals surface area contributed by atoms with E-state index in [1.807, 2.05) is 30.5 Å². The molecular weight excluding hydrogens is 516 g/mol. The van der Waals surface area contributed by atoms with Gasteiger partial charge in [0.25, 0.3) is 0 Å². The number of hydrogen-bond acceptors (Lipinski definition) is 6. The first kappa shape index (κ1) is 28.5. The summed E-state index contributed by atoms with van der Waals surface area (Å²) in [6.07, 6.45) is 3.19. The molecule has 3 atom stereocenters. The van der Waals surface area contributed by atoms with Gasteiger partial charge in [0.2, 0.25) is 9.04 Å². The van der Waals surface area contributed by atoms with Crippen molar-refractivity contribution in [2.24, 2.45) is 5.41 Å². The van der Waals surface area contributed by atoms with Crippen molar-refractivity contribution in [3.8, 4) is 11.5 Å². The first-order valence-corrected chi connectivity index (χ1v) is 16.6. The van der Waals surface area contributed by atoms with Crippen LogP contribution in [0.3, 0.4) is 0 Å². The van der Waals surface area contributed by atoms with E-state index in [1.165, 1.54) is 11.1 Å². The maximum Gasteiger partial charge on any atom is 0.205 e. The fraction of sp³-hybridized carbons (Fsp3) is 0.455. The topological polar surface area (TPSA) is 60.9 Å². The molecule has 0 saturated carbocycles. The second-order valence-corrected chi connectivity index (χ2v) is 14.3. The van der Waals surface area contributed by atoms with E-state index in [4.69, 9.17) is 18.9 Å². The number of carbonyl (C=O) groups excluding carboxylic acids is 1. The minimum Gasteiger partial charge on any atom is -0.493 e. The minimum atomic E-state index is -0.895. The van der Waals surface area contributed by atoms with Crippen LogP contribution in [0.15, 0.2) is 60.8 Å². The molecule has 1 radical (unpaired) electrons. The SMILES string of the molecule is COc1cc2c(cc1OCc1ccccc1)CCN1C[C@@H](c3cc(C(O[Si](C)C)C(C)(C)C)ccn3)C(=O)C[C@H]21. The van der Waals surface area contributed by atoms with Crippen molar-refractivity contribution >= 4 is 14.8 Å². The number of ether oxygens (including phenoxy) is 2. The van der Waals surface area contributed by atoms with Gasteiger partial charge < -0.3 is 13.9 Å². The van der Waals surface area contributed by atoms with Crippen LogP contribution >= 0.6 is 0 Å². The number of benzene rings is 2. The Bertz CT molecular complexity index is 1340. The number of hydrogen-bond donors (Lipinski definition) is 0. The lowest BCUT2D eigenvalue weighted by Gasteiger charge is -2.43. The van der Waals surface area contributed by atoms with E-state index in [-0.39, 0.29) is 29.3 Å². The highest BCUT2D eigenvalue weighted by atomic mass is 28.3. The van der Waals surface area contributed by atoms with Crippen molar-refractivity contribution in [2.45, 2.75) is 71.4 Å². The highest BCUT2D eigenvalue weighted by molar-refractivity contribution is 6.48. The Morgan fingerprint density at radius 2 is 1.85 bits per heavy atom. The van der Waals surface area contributed by atoms with Crippen molar-refractivity contribution in [1.82, 2.24) is 9.88 Å². The number of ketones is 1. The van der Waals surface area contributed by atoms with Crippen LogP contribution in [0.5, 0.6) is 11.5 Å². The van der Waals surface area contributed by atoms with Gasteiger partial charge in [-0.3, -0.25) is 14.7 Å². The zero-order valence-electron chi connectivity index (χ0n) is 24.6. The molecule has 2 aliphatic rings. The number of carbonyl (C=O) groups is 1. The average Bonchev–Trinajstić information content (AvgIpc) is 2.94. The van der Waals surface area contributed by atoms with Crippen LogP contribution in [0.25, 0.3) is 0 Å². The Morgan fingerprint density at radius 3 is 2.55 bits per heavy atom. The standard InChI is InChI=1S/C33H41N2O4Si/c1-33(2,3)32(39-40(5)6)24-12-14-34-27(16-24)26-20-35-15-13-23-17-31(38-21-22-10-8-7-9-11-22)30(37-4)18-25(23)28(35)19-29(26)36/h7-12,14,16-18,26,28,32H,13,15,19-21H2,1-6H3/t26-,28+,32?/m0/s1. The summed E-state index contributed by atoms with van der Waals surface area (Å²) in [6, 6.07) is 18.5. The number of Topliss-reactive ketones (excluding diaryl/α,β-unsaturated/α-hetero) is 1. The van der Waals surface area contributed by atoms with E-state index in [1.54, 1.807) is 7.11 Å². The molecule has 3 aromatic rings. The summed E-state index contributed by atoms with van der Waals surface area (Å²) in [7, 11) is 0.779. The molecule has 1 saturated heterocycles. The lowest BCUT2D eigenvalue weighted by Crippen LogP contribution is -2.45. The van der Waals surface area contributed by atoms with E-state index in [0.717, 1.165) is 35.5 Å². The summed E-state index contributed by atoms with van der Waals surface area (Å²) in [5, 5.41) is 0. The number of piperidine rings is 1. The smallest absolute Gasteiger partial charge is 0.205 e. The summed E-state index contributed by atoms with van der Waals surface area (Å²) < 4.78 is 18.3. The monoisotopic (exact) mass is 557 g/mol. The molecular formula is C33H41N2O4Si. The number of aromatic nitrogens is 1. The maximum atomic E-state index is 13.6. The van der Waals surface area contributed by atoms with E-state index >= 15 is 0 Å². The summed E-state index contributed by atoms with van der Waals surface area (Å²) >= 11 is 0. The van der Waals surface area contributed by atoms with Crippen LogP contribution in [0.2, 0.25) is 13.1 Å². The molecule has 1 aromatic heterocycles. The van der Waals surface area contributed by atoms with Gasteiger partial charge in [-0.2, -0.15) is 0 Å². The third-order valence-corrected chi connectivity index (χ3v) is 8.64. The van der Waals surface area contributed by atoms with Gasteiger partial charge in [0.15, 0.2) is 11.5 Å². The minimum absolute atomic E-state index is 0.0304. The van der Waals surface area contributed by atoms with Gasteiger partial charge in [-0.05, 0) is 71.4 Å². The number of rotatable bonds is 8. The van der Waals surface area contributed by atoms with Crippen molar-refractivity contribution in [3.05, 3.63) is 88.7 Å². The number of methoxy groups -OCH3 is 1. The summed E-state index contributed by atoms with van der Waals surface area (Å²) in [4.78, 5) is 20.8. The van der Waals surface area contributed by atoms with Crippen molar-refractivity contribution in [2.75, 3.05) is 20.2 Å². The molecule has 0 bridgehead atoms. The molecule has 1 unspecified atom stereocenters. The molecule has 1 fully saturated rings. The molecule has 0 amide bonds. The molecule has 5 rings (SSSR count). The van der Waals surface area contributed by atoms with Crippen molar-refractivity contribution in [3.63, 3.8) is 0 Å². The molecule has 211 valence electrons. The van der Waals surface area contributed by atoms with Gasteiger partial charge in [0.05, 0.1) is 24.8 Å². The lowest BCUT2D eigenvalue weighted by atomic mass is 9.80. The molecule has 0 N–H and O–H groups in total. The highest BCUT2D eigenvalue weighted by Gasteiger charge is 2.40. The molecule has 7 heteroatoms. The molecule has 2 aliphatic heterocycles. The van der Waals surface area contributed by atoms with Crippen LogP contribution in [-0.4, -0.2) is 44.9 Å². The van der Waals surface area contributed by atoms with E-state index in [9.17, 15) is 4.79 Å². The van der Waals surface area contributed by atoms with Gasteiger partial charge in [-0.25, -0.2) is 0 Å². The Hall–Kier alpha value is -3.00. The van der Waals surface area contributed by atoms with Crippen molar-refractivity contribution in [1.29, 1.82) is 0 Å². The van der Waals surface area contributed by atoms with Crippen LogP contribution in [0, 0.1) is 5.41 Å². The van der Waals surface area contributed by atoms with Gasteiger partial charge in [0, 0.05) is 31.7 Å². The molecule has 2 aromatic carbocycles. The number of nitrogens with zero attached hydrogens (tertiary/aromatic N) is 2. The largest absolute Gasteiger partial charge is 0.493 e. The van der Waals surface area contributed by atoms with Crippen LogP contribution in [-0.2, 0) is 22.2 Å². The van der Waals surface area contributed by atoms with Gasteiger partial charge in [-0.15, -0.1) is 0 Å². The lowest BCUT2D eigenvalue weighted by molar-refractivity contribution is -0.125. The van der Waals surface area contributed by atoms with Crippen LogP contribution < -0.4 is 9.47 Å². The second-order valence-electron chi connectivity index (χ2n) is 12.2. The third-order valence-electron chi connectivity index (χ3n) is 7.94. The van der Waals surface area contributed by atoms with Crippen LogP contribution in [0.4, 0.5) is 0 Å². The zero-order valence-corrected chi connectivity index (χ0v) is 25.6. The summed E-state index contributed by atoms with van der Waals surface area (Å²) in [5.74, 6) is 1.47. The van der Waals surface area contributed by atoms with Gasteiger partial charge >= 0.3 is 0 Å². The van der Waals surface area contributed by atoms with E-state index in [0.29, 0.717) is 25.3 Å². The second kappa shape index (κ2) is 11.8. The normalized spacial score (nSPS) is 20.1. The number of pyridine rings is 1. The fourth-order valence-electron chi connectivity index (χ4n) is 5.95. The maximum absolute atomic E-state index is 13.6. The first-order valence-electron chi connectivity index (χ1n) is 14.2. The highest BCUT2D eigenvalue weighted by Crippen LogP contribution is 2.44. The Labute approximate surface area is 240 Å². The van der Waals surface area contributed by atoms with E-state index in [2.05, 4.69) is 69.1 Å². The molecule has 0 aliphatic carbocycles. The molecule has 40 heavy (non-hydrogen) atoms. The molecule has 6 nitrogen and oxygen atoms in total. The van der Waals surface area contributed by atoms with Gasteiger partial charge in [0.1, 0.15) is 12.4 Å². The number of fused-ring (bicyclic) bond motifs is 3. The molecule has 0 spiro atoms.